The van der Waals surface area contributed by atoms with E-state index in [9.17, 15) is 0 Å². The zero-order valence-corrected chi connectivity index (χ0v) is 40.9. The van der Waals surface area contributed by atoms with E-state index in [1.165, 1.54) is 129 Å². The van der Waals surface area contributed by atoms with Crippen LogP contribution in [0.1, 0.15) is 82.2 Å². The molecule has 0 fully saturated rings. The fourth-order valence-electron chi connectivity index (χ4n) is 12.9. The van der Waals surface area contributed by atoms with E-state index in [0.29, 0.717) is 0 Å². The maximum atomic E-state index is 2.74. The van der Waals surface area contributed by atoms with Crippen LogP contribution in [0.3, 0.4) is 0 Å². The van der Waals surface area contributed by atoms with E-state index < -0.39 is 0 Å². The van der Waals surface area contributed by atoms with Crippen molar-refractivity contribution in [3.05, 3.63) is 222 Å². The molecule has 0 N–H and O–H groups in total. The predicted octanol–water partition coefficient (Wildman–Crippen LogP) is 16.4. The van der Waals surface area contributed by atoms with E-state index in [1.807, 2.05) is 0 Å². The SMILES string of the molecule is Cc1cc2c(cc1N1c3ccc(-c4ccccc4)cc3B3c4c(cc5c(c41)C(C)(C)c1ccccc1-5)-c1ccc(-c4ccccc4)cc1N3c1cccc(-c3ccccc3)c1)C(C)(C)CCC2(C)C. The number of hydrogen-bond acceptors (Lipinski definition) is 2. The summed E-state index contributed by atoms with van der Waals surface area (Å²) in [5, 5.41) is 0. The summed E-state index contributed by atoms with van der Waals surface area (Å²) in [6.07, 6.45) is 2.34. The van der Waals surface area contributed by atoms with Crippen LogP contribution in [0.4, 0.5) is 28.4 Å². The van der Waals surface area contributed by atoms with Crippen molar-refractivity contribution in [2.24, 2.45) is 0 Å². The number of anilines is 5. The van der Waals surface area contributed by atoms with Crippen LogP contribution in [0.2, 0.25) is 0 Å². The highest BCUT2D eigenvalue weighted by atomic mass is 15.2. The third kappa shape index (κ3) is 6.25. The van der Waals surface area contributed by atoms with Crippen molar-refractivity contribution in [3.8, 4) is 55.6 Å². The molecule has 334 valence electrons. The molecule has 4 aliphatic rings. The number of aryl methyl sites for hydroxylation is 1. The molecule has 2 heterocycles. The minimum Gasteiger partial charge on any atom is -0.376 e. The molecular formula is C66H57BN2. The standard InChI is InChI=1S/C66H57BN2/c1-42-36-55-56(65(4,5)35-34-64(55,2)3)41-59(42)68-58-33-31-47(44-22-13-9-14-23-44)38-57(58)67-62-53(40-52-50-28-17-18-29-54(50)66(6,7)61(52)63(62)68)51-32-30-48(45-24-15-10-16-25-45)39-60(51)69(67)49-27-19-26-46(37-49)43-20-11-8-12-21-43/h8-33,36-41H,34-35H2,1-7H3. The Labute approximate surface area is 409 Å². The van der Waals surface area contributed by atoms with Gasteiger partial charge in [0.2, 0.25) is 0 Å². The molecule has 2 aliphatic heterocycles. The van der Waals surface area contributed by atoms with Crippen LogP contribution < -0.4 is 20.6 Å². The molecule has 0 radical (unpaired) electrons. The Balaban J connectivity index is 1.19. The zero-order valence-electron chi connectivity index (χ0n) is 40.9. The van der Waals surface area contributed by atoms with Crippen molar-refractivity contribution in [3.63, 3.8) is 0 Å². The average Bonchev–Trinajstić information content (AvgIpc) is 3.61. The first-order valence-corrected chi connectivity index (χ1v) is 25.0. The van der Waals surface area contributed by atoms with E-state index in [1.54, 1.807) is 0 Å². The van der Waals surface area contributed by atoms with E-state index in [-0.39, 0.29) is 23.1 Å². The molecular weight excluding hydrogens is 832 g/mol. The van der Waals surface area contributed by atoms with Gasteiger partial charge in [0.25, 0.3) is 0 Å². The van der Waals surface area contributed by atoms with Gasteiger partial charge in [0.05, 0.1) is 0 Å². The molecule has 69 heavy (non-hydrogen) atoms. The summed E-state index contributed by atoms with van der Waals surface area (Å²) in [5.74, 6) is 0. The predicted molar refractivity (Wildman–Crippen MR) is 294 cm³/mol. The number of nitrogens with zero attached hydrogens (tertiary/aromatic N) is 2. The van der Waals surface area contributed by atoms with E-state index in [2.05, 4.69) is 252 Å². The van der Waals surface area contributed by atoms with Gasteiger partial charge in [0.15, 0.2) is 0 Å². The van der Waals surface area contributed by atoms with Gasteiger partial charge in [0, 0.05) is 39.4 Å². The van der Waals surface area contributed by atoms with Crippen molar-refractivity contribution in [2.45, 2.75) is 77.6 Å². The molecule has 0 saturated heterocycles. The van der Waals surface area contributed by atoms with Gasteiger partial charge >= 0.3 is 6.85 Å². The van der Waals surface area contributed by atoms with Gasteiger partial charge in [-0.1, -0.05) is 199 Å². The molecule has 0 atom stereocenters. The summed E-state index contributed by atoms with van der Waals surface area (Å²) >= 11 is 0. The smallest absolute Gasteiger partial charge is 0.333 e. The molecule has 9 aromatic carbocycles. The molecule has 0 bridgehead atoms. The second-order valence-electron chi connectivity index (χ2n) is 22.0. The van der Waals surface area contributed by atoms with Gasteiger partial charge in [-0.3, -0.25) is 0 Å². The monoisotopic (exact) mass is 888 g/mol. The maximum Gasteiger partial charge on any atom is 0.333 e. The van der Waals surface area contributed by atoms with Gasteiger partial charge in [-0.15, -0.1) is 0 Å². The topological polar surface area (TPSA) is 6.48 Å². The van der Waals surface area contributed by atoms with Gasteiger partial charge in [-0.2, -0.15) is 0 Å². The number of rotatable bonds is 5. The normalized spacial score (nSPS) is 16.2. The summed E-state index contributed by atoms with van der Waals surface area (Å²) < 4.78 is 0. The molecule has 2 aliphatic carbocycles. The highest BCUT2D eigenvalue weighted by Crippen LogP contribution is 2.59. The summed E-state index contributed by atoms with van der Waals surface area (Å²) in [5.41, 5.74) is 28.4. The lowest BCUT2D eigenvalue weighted by Gasteiger charge is -2.48. The van der Waals surface area contributed by atoms with Crippen molar-refractivity contribution < 1.29 is 0 Å². The molecule has 0 spiro atoms. The second kappa shape index (κ2) is 15.1. The number of benzene rings is 9. The largest absolute Gasteiger partial charge is 0.376 e. The highest BCUT2D eigenvalue weighted by molar-refractivity contribution is 6.93. The zero-order chi connectivity index (χ0) is 47.0. The van der Waals surface area contributed by atoms with Gasteiger partial charge in [0.1, 0.15) is 0 Å². The maximum absolute atomic E-state index is 2.74. The molecule has 3 heteroatoms. The van der Waals surface area contributed by atoms with Crippen LogP contribution >= 0.6 is 0 Å². The van der Waals surface area contributed by atoms with Crippen LogP contribution in [-0.4, -0.2) is 6.85 Å². The highest BCUT2D eigenvalue weighted by Gasteiger charge is 2.51. The Morgan fingerprint density at radius 2 is 0.971 bits per heavy atom. The number of fused-ring (bicyclic) bond motifs is 9. The van der Waals surface area contributed by atoms with Crippen LogP contribution in [0.25, 0.3) is 55.6 Å². The van der Waals surface area contributed by atoms with Gasteiger partial charge in [-0.05, 0) is 156 Å². The van der Waals surface area contributed by atoms with Crippen molar-refractivity contribution in [2.75, 3.05) is 9.71 Å². The molecule has 2 nitrogen and oxygen atoms in total. The summed E-state index contributed by atoms with van der Waals surface area (Å²) in [4.78, 5) is 5.44. The second-order valence-corrected chi connectivity index (χ2v) is 22.0. The lowest BCUT2D eigenvalue weighted by molar-refractivity contribution is 0.332. The first-order valence-electron chi connectivity index (χ1n) is 25.0. The molecule has 0 unspecified atom stereocenters. The number of hydrogen-bond donors (Lipinski definition) is 0. The Bertz CT molecular complexity index is 3550. The minimum absolute atomic E-state index is 0.0369. The summed E-state index contributed by atoms with van der Waals surface area (Å²) in [7, 11) is 0. The van der Waals surface area contributed by atoms with Crippen molar-refractivity contribution >= 4 is 46.2 Å². The molecule has 0 amide bonds. The third-order valence-corrected chi connectivity index (χ3v) is 16.6. The fraction of sp³-hybridized carbons (Fsp3) is 0.182. The van der Waals surface area contributed by atoms with Crippen molar-refractivity contribution in [1.82, 2.24) is 0 Å². The molecule has 13 rings (SSSR count). The van der Waals surface area contributed by atoms with Crippen LogP contribution in [-0.2, 0) is 16.2 Å². The van der Waals surface area contributed by atoms with Crippen LogP contribution in [0.5, 0.6) is 0 Å². The fourth-order valence-corrected chi connectivity index (χ4v) is 12.9. The molecule has 0 aromatic heterocycles. The third-order valence-electron chi connectivity index (χ3n) is 16.6. The lowest BCUT2D eigenvalue weighted by Crippen LogP contribution is -2.62. The summed E-state index contributed by atoms with van der Waals surface area (Å²) in [6, 6.07) is 73.6. The first kappa shape index (κ1) is 41.8. The Hall–Kier alpha value is -7.36. The minimum atomic E-state index is -0.278. The quantitative estimate of drug-likeness (QED) is 0.159. The first-order chi connectivity index (χ1) is 33.4. The Morgan fingerprint density at radius 1 is 0.406 bits per heavy atom. The molecule has 0 saturated carbocycles. The van der Waals surface area contributed by atoms with Crippen LogP contribution in [0, 0.1) is 6.92 Å². The Kier molecular flexibility index (Phi) is 9.13. The average molecular weight is 889 g/mol. The van der Waals surface area contributed by atoms with E-state index >= 15 is 0 Å². The summed E-state index contributed by atoms with van der Waals surface area (Å²) in [6.45, 7) is 17.0. The van der Waals surface area contributed by atoms with Crippen molar-refractivity contribution in [1.29, 1.82) is 0 Å². The van der Waals surface area contributed by atoms with E-state index in [4.69, 9.17) is 0 Å². The van der Waals surface area contributed by atoms with Gasteiger partial charge in [-0.25, -0.2) is 0 Å². The van der Waals surface area contributed by atoms with Crippen LogP contribution in [0.15, 0.2) is 194 Å². The van der Waals surface area contributed by atoms with Gasteiger partial charge < -0.3 is 9.71 Å². The Morgan fingerprint density at radius 3 is 1.64 bits per heavy atom. The lowest BCUT2D eigenvalue weighted by atomic mass is 9.42. The van der Waals surface area contributed by atoms with E-state index in [0.717, 1.165) is 6.42 Å². The molecule has 9 aromatic rings.